The molecule has 2 aromatic carbocycles. The molecule has 0 amide bonds. The summed E-state index contributed by atoms with van der Waals surface area (Å²) in [5, 5.41) is 10.7. The zero-order valence-electron chi connectivity index (χ0n) is 15.5. The molecule has 6 heteroatoms. The van der Waals surface area contributed by atoms with Gasteiger partial charge in [-0.3, -0.25) is 0 Å². The maximum absolute atomic E-state index is 12.4. The van der Waals surface area contributed by atoms with E-state index in [4.69, 9.17) is 9.72 Å². The number of para-hydroxylation sites is 1. The van der Waals surface area contributed by atoms with Crippen molar-refractivity contribution in [3.05, 3.63) is 60.2 Å². The van der Waals surface area contributed by atoms with Crippen LogP contribution in [0.3, 0.4) is 0 Å². The number of carboxylic acid groups (broad SMARTS) is 1. The summed E-state index contributed by atoms with van der Waals surface area (Å²) in [4.78, 5) is 31.3. The Labute approximate surface area is 162 Å². The van der Waals surface area contributed by atoms with Gasteiger partial charge in [-0.25, -0.2) is 14.6 Å². The van der Waals surface area contributed by atoms with Crippen LogP contribution in [-0.2, 0) is 9.53 Å². The number of methoxy groups -OCH3 is 1. The Morgan fingerprint density at radius 1 is 1.11 bits per heavy atom. The van der Waals surface area contributed by atoms with Gasteiger partial charge >= 0.3 is 11.9 Å². The van der Waals surface area contributed by atoms with Gasteiger partial charge in [0.15, 0.2) is 0 Å². The second kappa shape index (κ2) is 7.31. The number of pyridine rings is 1. The van der Waals surface area contributed by atoms with Crippen LogP contribution in [0.15, 0.2) is 54.6 Å². The molecule has 0 bridgehead atoms. The number of benzene rings is 2. The van der Waals surface area contributed by atoms with E-state index in [1.54, 1.807) is 18.2 Å². The topological polar surface area (TPSA) is 79.7 Å². The number of carbonyl (C=O) groups is 2. The minimum absolute atomic E-state index is 0.167. The number of hydrogen-bond donors (Lipinski definition) is 1. The van der Waals surface area contributed by atoms with E-state index in [0.29, 0.717) is 35.2 Å². The van der Waals surface area contributed by atoms with E-state index in [1.165, 1.54) is 7.11 Å². The van der Waals surface area contributed by atoms with Gasteiger partial charge < -0.3 is 14.7 Å². The lowest BCUT2D eigenvalue weighted by atomic mass is 9.99. The SMILES string of the molecule is COC(=O)[C@@H]1CCCN1c1c(-c2ccccc2)nc2ccccc2c1C(=O)O. The Kier molecular flexibility index (Phi) is 4.69. The third-order valence-corrected chi connectivity index (χ3v) is 5.14. The lowest BCUT2D eigenvalue weighted by Gasteiger charge is -2.29. The molecule has 1 atom stereocenters. The van der Waals surface area contributed by atoms with Crippen molar-refractivity contribution in [2.75, 3.05) is 18.6 Å². The molecule has 1 aliphatic rings. The van der Waals surface area contributed by atoms with Crippen LogP contribution >= 0.6 is 0 Å². The number of ether oxygens (including phenoxy) is 1. The second-order valence-electron chi connectivity index (χ2n) is 6.75. The number of anilines is 1. The van der Waals surface area contributed by atoms with E-state index in [-0.39, 0.29) is 11.5 Å². The average molecular weight is 376 g/mol. The first kappa shape index (κ1) is 18.0. The number of carboxylic acids is 1. The maximum atomic E-state index is 12.4. The van der Waals surface area contributed by atoms with Crippen LogP contribution in [0.25, 0.3) is 22.2 Å². The normalized spacial score (nSPS) is 16.3. The van der Waals surface area contributed by atoms with Crippen molar-refractivity contribution in [1.29, 1.82) is 0 Å². The molecule has 0 aliphatic carbocycles. The van der Waals surface area contributed by atoms with Gasteiger partial charge in [-0.1, -0.05) is 48.5 Å². The van der Waals surface area contributed by atoms with Gasteiger partial charge in [0.2, 0.25) is 0 Å². The zero-order chi connectivity index (χ0) is 19.7. The minimum Gasteiger partial charge on any atom is -0.478 e. The second-order valence-corrected chi connectivity index (χ2v) is 6.75. The molecule has 0 saturated carbocycles. The summed E-state index contributed by atoms with van der Waals surface area (Å²) in [5.74, 6) is -1.40. The predicted octanol–water partition coefficient (Wildman–Crippen LogP) is 3.74. The number of carbonyl (C=O) groups excluding carboxylic acids is 1. The van der Waals surface area contributed by atoms with Crippen molar-refractivity contribution in [2.24, 2.45) is 0 Å². The molecule has 0 radical (unpaired) electrons. The summed E-state index contributed by atoms with van der Waals surface area (Å²) in [5.41, 5.74) is 2.62. The molecule has 1 aliphatic heterocycles. The Hall–Kier alpha value is -3.41. The molecule has 6 nitrogen and oxygen atoms in total. The number of aromatic carboxylic acids is 1. The Bertz CT molecular complexity index is 1050. The molecule has 3 aromatic rings. The largest absolute Gasteiger partial charge is 0.478 e. The summed E-state index contributed by atoms with van der Waals surface area (Å²) >= 11 is 0. The van der Waals surface area contributed by atoms with Crippen LogP contribution < -0.4 is 4.90 Å². The number of esters is 1. The third-order valence-electron chi connectivity index (χ3n) is 5.14. The van der Waals surface area contributed by atoms with E-state index in [0.717, 1.165) is 12.0 Å². The van der Waals surface area contributed by atoms with Crippen molar-refractivity contribution in [1.82, 2.24) is 4.98 Å². The number of rotatable bonds is 4. The van der Waals surface area contributed by atoms with Gasteiger partial charge in [0.05, 0.1) is 29.6 Å². The first-order valence-corrected chi connectivity index (χ1v) is 9.17. The van der Waals surface area contributed by atoms with Crippen molar-refractivity contribution in [2.45, 2.75) is 18.9 Å². The first-order valence-electron chi connectivity index (χ1n) is 9.17. The lowest BCUT2D eigenvalue weighted by Crippen LogP contribution is -2.38. The number of aromatic nitrogens is 1. The molecule has 0 unspecified atom stereocenters. The molecule has 0 spiro atoms. The van der Waals surface area contributed by atoms with Crippen molar-refractivity contribution in [3.63, 3.8) is 0 Å². The summed E-state index contributed by atoms with van der Waals surface area (Å²) in [6.07, 6.45) is 1.40. The van der Waals surface area contributed by atoms with Crippen molar-refractivity contribution >= 4 is 28.5 Å². The van der Waals surface area contributed by atoms with Gasteiger partial charge in [-0.2, -0.15) is 0 Å². The molecule has 2 heterocycles. The van der Waals surface area contributed by atoms with Gasteiger partial charge in [0, 0.05) is 17.5 Å². The fourth-order valence-corrected chi connectivity index (χ4v) is 3.91. The molecular formula is C22H20N2O4. The van der Waals surface area contributed by atoms with Gasteiger partial charge in [0.25, 0.3) is 0 Å². The molecule has 1 fully saturated rings. The van der Waals surface area contributed by atoms with Crippen LogP contribution in [0.2, 0.25) is 0 Å². The van der Waals surface area contributed by atoms with Crippen LogP contribution in [0.5, 0.6) is 0 Å². The van der Waals surface area contributed by atoms with E-state index >= 15 is 0 Å². The van der Waals surface area contributed by atoms with Crippen LogP contribution in [-0.4, -0.2) is 41.7 Å². The highest BCUT2D eigenvalue weighted by atomic mass is 16.5. The summed E-state index contributed by atoms with van der Waals surface area (Å²) in [6.45, 7) is 0.569. The van der Waals surface area contributed by atoms with Crippen molar-refractivity contribution in [3.8, 4) is 11.3 Å². The fourth-order valence-electron chi connectivity index (χ4n) is 3.91. The zero-order valence-corrected chi connectivity index (χ0v) is 15.5. The molecular weight excluding hydrogens is 356 g/mol. The number of hydrogen-bond acceptors (Lipinski definition) is 5. The number of nitrogens with zero attached hydrogens (tertiary/aromatic N) is 2. The Morgan fingerprint density at radius 2 is 1.82 bits per heavy atom. The van der Waals surface area contributed by atoms with E-state index in [2.05, 4.69) is 0 Å². The third kappa shape index (κ3) is 2.97. The number of fused-ring (bicyclic) bond motifs is 1. The highest BCUT2D eigenvalue weighted by Gasteiger charge is 2.36. The van der Waals surface area contributed by atoms with Crippen LogP contribution in [0.4, 0.5) is 5.69 Å². The van der Waals surface area contributed by atoms with Gasteiger partial charge in [-0.15, -0.1) is 0 Å². The molecule has 4 rings (SSSR count). The van der Waals surface area contributed by atoms with Gasteiger partial charge in [-0.05, 0) is 18.9 Å². The van der Waals surface area contributed by atoms with E-state index in [1.807, 2.05) is 41.3 Å². The molecule has 142 valence electrons. The summed E-state index contributed by atoms with van der Waals surface area (Å²) in [7, 11) is 1.35. The predicted molar refractivity (Wildman–Crippen MR) is 107 cm³/mol. The first-order chi connectivity index (χ1) is 13.6. The summed E-state index contributed by atoms with van der Waals surface area (Å²) in [6, 6.07) is 16.1. The quantitative estimate of drug-likeness (QED) is 0.699. The lowest BCUT2D eigenvalue weighted by molar-refractivity contribution is -0.141. The van der Waals surface area contributed by atoms with E-state index < -0.39 is 12.0 Å². The Morgan fingerprint density at radius 3 is 2.54 bits per heavy atom. The van der Waals surface area contributed by atoms with Gasteiger partial charge in [0.1, 0.15) is 6.04 Å². The fraction of sp³-hybridized carbons (Fsp3) is 0.227. The summed E-state index contributed by atoms with van der Waals surface area (Å²) < 4.78 is 4.97. The molecule has 1 N–H and O–H groups in total. The highest BCUT2D eigenvalue weighted by molar-refractivity contribution is 6.11. The average Bonchev–Trinajstić information content (AvgIpc) is 3.21. The monoisotopic (exact) mass is 376 g/mol. The van der Waals surface area contributed by atoms with E-state index in [9.17, 15) is 14.7 Å². The Balaban J connectivity index is 2.06. The maximum Gasteiger partial charge on any atom is 0.338 e. The smallest absolute Gasteiger partial charge is 0.338 e. The standard InChI is InChI=1S/C22H20N2O4/c1-28-22(27)17-12-7-13-24(17)20-18(21(25)26)15-10-5-6-11-16(15)23-19(20)14-8-3-2-4-9-14/h2-6,8-11,17H,7,12-13H2,1H3,(H,25,26)/t17-/m0/s1. The molecule has 28 heavy (non-hydrogen) atoms. The highest BCUT2D eigenvalue weighted by Crippen LogP contribution is 2.40. The minimum atomic E-state index is -1.04. The van der Waals surface area contributed by atoms with Crippen molar-refractivity contribution < 1.29 is 19.4 Å². The van der Waals surface area contributed by atoms with Crippen LogP contribution in [0, 0.1) is 0 Å². The molecule has 1 aromatic heterocycles. The van der Waals surface area contributed by atoms with Crippen LogP contribution in [0.1, 0.15) is 23.2 Å². The molecule has 1 saturated heterocycles.